The number of ether oxygens (including phenoxy) is 1. The topological polar surface area (TPSA) is 50.4 Å². The van der Waals surface area contributed by atoms with Gasteiger partial charge in [0.2, 0.25) is 0 Å². The SMILES string of the molecule is CCc1ccccc1NCc1cccc(C(=O)Nc2cccc(OC(F)(F)F)c2)c1. The van der Waals surface area contributed by atoms with Crippen LogP contribution in [0.3, 0.4) is 0 Å². The maximum Gasteiger partial charge on any atom is 0.573 e. The van der Waals surface area contributed by atoms with E-state index >= 15 is 0 Å². The van der Waals surface area contributed by atoms with E-state index in [1.54, 1.807) is 18.2 Å². The van der Waals surface area contributed by atoms with E-state index in [2.05, 4.69) is 28.4 Å². The largest absolute Gasteiger partial charge is 0.573 e. The van der Waals surface area contributed by atoms with Gasteiger partial charge in [0.25, 0.3) is 5.91 Å². The van der Waals surface area contributed by atoms with Crippen molar-refractivity contribution in [1.82, 2.24) is 0 Å². The Hall–Kier alpha value is -3.48. The third kappa shape index (κ3) is 6.01. The van der Waals surface area contributed by atoms with Crippen LogP contribution in [0.2, 0.25) is 0 Å². The van der Waals surface area contributed by atoms with Crippen LogP contribution in [0, 0.1) is 0 Å². The molecule has 0 unspecified atom stereocenters. The number of para-hydroxylation sites is 1. The minimum atomic E-state index is -4.79. The lowest BCUT2D eigenvalue weighted by molar-refractivity contribution is -0.274. The summed E-state index contributed by atoms with van der Waals surface area (Å²) in [6.07, 6.45) is -3.89. The van der Waals surface area contributed by atoms with Crippen molar-refractivity contribution in [1.29, 1.82) is 0 Å². The number of carbonyl (C=O) groups excluding carboxylic acids is 1. The third-order valence-corrected chi connectivity index (χ3v) is 4.40. The Morgan fingerprint density at radius 3 is 2.50 bits per heavy atom. The predicted octanol–water partition coefficient (Wildman–Crippen LogP) is 6.01. The molecule has 0 aliphatic carbocycles. The van der Waals surface area contributed by atoms with Gasteiger partial charge in [0.1, 0.15) is 5.75 Å². The van der Waals surface area contributed by atoms with Crippen LogP contribution in [0.1, 0.15) is 28.4 Å². The Morgan fingerprint density at radius 1 is 0.967 bits per heavy atom. The summed E-state index contributed by atoms with van der Waals surface area (Å²) in [5.41, 5.74) is 3.76. The Kier molecular flexibility index (Phi) is 6.61. The van der Waals surface area contributed by atoms with Gasteiger partial charge in [-0.25, -0.2) is 0 Å². The van der Waals surface area contributed by atoms with E-state index in [4.69, 9.17) is 0 Å². The molecule has 0 aliphatic rings. The Bertz CT molecular complexity index is 1020. The molecule has 0 atom stereocenters. The van der Waals surface area contributed by atoms with Crippen molar-refractivity contribution in [2.75, 3.05) is 10.6 Å². The summed E-state index contributed by atoms with van der Waals surface area (Å²) in [6, 6.07) is 20.2. The number of nitrogens with one attached hydrogen (secondary N) is 2. The van der Waals surface area contributed by atoms with Crippen molar-refractivity contribution in [2.24, 2.45) is 0 Å². The van der Waals surface area contributed by atoms with Gasteiger partial charge >= 0.3 is 6.36 Å². The molecule has 0 saturated carbocycles. The van der Waals surface area contributed by atoms with E-state index in [9.17, 15) is 18.0 Å². The summed E-state index contributed by atoms with van der Waals surface area (Å²) in [7, 11) is 0. The summed E-state index contributed by atoms with van der Waals surface area (Å²) < 4.78 is 41.0. The van der Waals surface area contributed by atoms with Crippen molar-refractivity contribution in [3.8, 4) is 5.75 Å². The second-order valence-corrected chi connectivity index (χ2v) is 6.59. The van der Waals surface area contributed by atoms with Gasteiger partial charge in [-0.05, 0) is 47.9 Å². The minimum absolute atomic E-state index is 0.210. The predicted molar refractivity (Wildman–Crippen MR) is 111 cm³/mol. The van der Waals surface area contributed by atoms with Crippen LogP contribution in [-0.4, -0.2) is 12.3 Å². The number of alkyl halides is 3. The van der Waals surface area contributed by atoms with E-state index in [0.29, 0.717) is 12.1 Å². The van der Waals surface area contributed by atoms with Gasteiger partial charge < -0.3 is 15.4 Å². The van der Waals surface area contributed by atoms with Gasteiger partial charge in [0, 0.05) is 29.5 Å². The van der Waals surface area contributed by atoms with Crippen molar-refractivity contribution >= 4 is 17.3 Å². The molecule has 0 bridgehead atoms. The normalized spacial score (nSPS) is 11.1. The molecule has 0 spiro atoms. The quantitative estimate of drug-likeness (QED) is 0.498. The molecule has 4 nitrogen and oxygen atoms in total. The van der Waals surface area contributed by atoms with Crippen LogP contribution in [0.4, 0.5) is 24.5 Å². The summed E-state index contributed by atoms with van der Waals surface area (Å²) in [6.45, 7) is 2.62. The second kappa shape index (κ2) is 9.35. The van der Waals surface area contributed by atoms with E-state index in [1.165, 1.54) is 23.8 Å². The van der Waals surface area contributed by atoms with Crippen LogP contribution in [-0.2, 0) is 13.0 Å². The number of hydrogen-bond acceptors (Lipinski definition) is 3. The number of amides is 1. The summed E-state index contributed by atoms with van der Waals surface area (Å²) >= 11 is 0. The number of rotatable bonds is 7. The van der Waals surface area contributed by atoms with Crippen LogP contribution in [0.5, 0.6) is 5.75 Å². The zero-order valence-corrected chi connectivity index (χ0v) is 16.3. The first-order chi connectivity index (χ1) is 14.3. The van der Waals surface area contributed by atoms with Gasteiger partial charge in [-0.15, -0.1) is 13.2 Å². The molecule has 3 rings (SSSR count). The van der Waals surface area contributed by atoms with Crippen LogP contribution >= 0.6 is 0 Å². The molecule has 7 heteroatoms. The van der Waals surface area contributed by atoms with Gasteiger partial charge in [-0.2, -0.15) is 0 Å². The van der Waals surface area contributed by atoms with Crippen LogP contribution in [0.15, 0.2) is 72.8 Å². The standard InChI is InChI=1S/C23H21F3N2O2/c1-2-17-8-3-4-12-21(17)27-15-16-7-5-9-18(13-16)22(29)28-19-10-6-11-20(14-19)30-23(24,25)26/h3-14,27H,2,15H2,1H3,(H,28,29). The summed E-state index contributed by atoms with van der Waals surface area (Å²) in [4.78, 5) is 12.5. The van der Waals surface area contributed by atoms with Crippen LogP contribution in [0.25, 0.3) is 0 Å². The maximum atomic E-state index is 12.5. The first-order valence-electron chi connectivity index (χ1n) is 9.42. The molecular weight excluding hydrogens is 393 g/mol. The molecule has 2 N–H and O–H groups in total. The minimum Gasteiger partial charge on any atom is -0.406 e. The fourth-order valence-corrected chi connectivity index (χ4v) is 3.00. The first-order valence-corrected chi connectivity index (χ1v) is 9.42. The maximum absolute atomic E-state index is 12.5. The number of aryl methyl sites for hydroxylation is 1. The average Bonchev–Trinajstić information content (AvgIpc) is 2.71. The highest BCUT2D eigenvalue weighted by molar-refractivity contribution is 6.04. The molecule has 0 aliphatic heterocycles. The molecular formula is C23H21F3N2O2. The highest BCUT2D eigenvalue weighted by atomic mass is 19.4. The van der Waals surface area contributed by atoms with Crippen molar-refractivity contribution in [3.63, 3.8) is 0 Å². The molecule has 1 amide bonds. The first kappa shape index (κ1) is 21.2. The lowest BCUT2D eigenvalue weighted by Gasteiger charge is -2.12. The number of hydrogen-bond donors (Lipinski definition) is 2. The van der Waals surface area contributed by atoms with Gasteiger partial charge in [0.15, 0.2) is 0 Å². The van der Waals surface area contributed by atoms with Gasteiger partial charge in [0.05, 0.1) is 0 Å². The lowest BCUT2D eigenvalue weighted by atomic mass is 10.1. The Balaban J connectivity index is 1.67. The third-order valence-electron chi connectivity index (χ3n) is 4.40. The zero-order chi connectivity index (χ0) is 21.6. The number of benzene rings is 3. The number of anilines is 2. The molecule has 0 heterocycles. The average molecular weight is 414 g/mol. The number of halogens is 3. The van der Waals surface area contributed by atoms with E-state index in [-0.39, 0.29) is 5.69 Å². The fraction of sp³-hybridized carbons (Fsp3) is 0.174. The lowest BCUT2D eigenvalue weighted by Crippen LogP contribution is -2.17. The molecule has 0 saturated heterocycles. The zero-order valence-electron chi connectivity index (χ0n) is 16.3. The molecule has 156 valence electrons. The molecule has 0 fully saturated rings. The fourth-order valence-electron chi connectivity index (χ4n) is 3.00. The van der Waals surface area contributed by atoms with Crippen LogP contribution < -0.4 is 15.4 Å². The Morgan fingerprint density at radius 2 is 1.73 bits per heavy atom. The Labute approximate surface area is 172 Å². The smallest absolute Gasteiger partial charge is 0.406 e. The monoisotopic (exact) mass is 414 g/mol. The van der Waals surface area contributed by atoms with Crippen molar-refractivity contribution in [2.45, 2.75) is 26.3 Å². The number of carbonyl (C=O) groups is 1. The summed E-state index contributed by atoms with van der Waals surface area (Å²) in [5, 5.41) is 5.97. The highest BCUT2D eigenvalue weighted by Crippen LogP contribution is 2.25. The van der Waals surface area contributed by atoms with E-state index in [1.807, 2.05) is 24.3 Å². The van der Waals surface area contributed by atoms with E-state index < -0.39 is 18.0 Å². The van der Waals surface area contributed by atoms with E-state index in [0.717, 1.165) is 23.7 Å². The van der Waals surface area contributed by atoms with Crippen molar-refractivity contribution < 1.29 is 22.7 Å². The highest BCUT2D eigenvalue weighted by Gasteiger charge is 2.31. The molecule has 0 aromatic heterocycles. The molecule has 30 heavy (non-hydrogen) atoms. The molecule has 3 aromatic carbocycles. The van der Waals surface area contributed by atoms with Gasteiger partial charge in [-0.1, -0.05) is 43.3 Å². The summed E-state index contributed by atoms with van der Waals surface area (Å²) in [5.74, 6) is -0.817. The molecule has 0 radical (unpaired) electrons. The van der Waals surface area contributed by atoms with Crippen molar-refractivity contribution in [3.05, 3.63) is 89.5 Å². The van der Waals surface area contributed by atoms with Gasteiger partial charge in [-0.3, -0.25) is 4.79 Å². The molecule has 3 aromatic rings. The second-order valence-electron chi connectivity index (χ2n) is 6.59.